The second-order valence-electron chi connectivity index (χ2n) is 8.97. The summed E-state index contributed by atoms with van der Waals surface area (Å²) in [6.07, 6.45) is 10.8. The summed E-state index contributed by atoms with van der Waals surface area (Å²) in [7, 11) is 0. The molecule has 1 fully saturated rings. The van der Waals surface area contributed by atoms with Gasteiger partial charge in [0.15, 0.2) is 0 Å². The van der Waals surface area contributed by atoms with Gasteiger partial charge in [0.25, 0.3) is 5.91 Å². The Morgan fingerprint density at radius 3 is 2.76 bits per heavy atom. The topological polar surface area (TPSA) is 78.4 Å². The molecule has 1 aromatic carbocycles. The number of benzene rings is 1. The molecule has 1 aliphatic carbocycles. The normalized spacial score (nSPS) is 20.2. The van der Waals surface area contributed by atoms with Crippen molar-refractivity contribution in [2.75, 3.05) is 10.6 Å². The fraction of sp³-hybridized carbons (Fsp3) is 0.385. The van der Waals surface area contributed by atoms with E-state index in [0.717, 1.165) is 29.1 Å². The number of amides is 1. The first-order valence-corrected chi connectivity index (χ1v) is 11.3. The van der Waals surface area contributed by atoms with Crippen LogP contribution in [0.3, 0.4) is 0 Å². The van der Waals surface area contributed by atoms with E-state index in [9.17, 15) is 4.79 Å². The SMILES string of the molecule is Cc1cnc(NC=[C-]NC(C)c2cccc(NC(=O)C3=NC4CCC4C(C(C)C)=C3)c2)[cH-]1.[K+]. The van der Waals surface area contributed by atoms with Crippen molar-refractivity contribution in [3.8, 4) is 0 Å². The number of aliphatic imine (C=N–C) groups is 1. The van der Waals surface area contributed by atoms with Crippen LogP contribution in [-0.4, -0.2) is 22.6 Å². The number of anilines is 2. The van der Waals surface area contributed by atoms with E-state index in [-0.39, 0.29) is 69.4 Å². The third-order valence-electron chi connectivity index (χ3n) is 6.18. The van der Waals surface area contributed by atoms with Gasteiger partial charge in [-0.15, -0.1) is 6.20 Å². The maximum absolute atomic E-state index is 12.9. The first-order valence-electron chi connectivity index (χ1n) is 11.3. The summed E-state index contributed by atoms with van der Waals surface area (Å²) in [4.78, 5) is 21.8. The van der Waals surface area contributed by atoms with Crippen LogP contribution in [0.25, 0.3) is 0 Å². The summed E-state index contributed by atoms with van der Waals surface area (Å²) >= 11 is 0. The molecule has 1 saturated carbocycles. The molecule has 2 heterocycles. The minimum atomic E-state index is -0.139. The number of nitrogens with one attached hydrogen (secondary N) is 3. The van der Waals surface area contributed by atoms with Crippen LogP contribution in [0.1, 0.15) is 50.8 Å². The van der Waals surface area contributed by atoms with Gasteiger partial charge in [0, 0.05) is 23.5 Å². The van der Waals surface area contributed by atoms with E-state index >= 15 is 0 Å². The van der Waals surface area contributed by atoms with Crippen molar-refractivity contribution >= 4 is 23.1 Å². The Hall–Kier alpha value is -1.64. The Balaban J connectivity index is 0.00000306. The molecule has 2 aliphatic rings. The number of hydrogen-bond acceptors (Lipinski definition) is 5. The summed E-state index contributed by atoms with van der Waals surface area (Å²) in [5.74, 6) is 1.62. The number of carbonyl (C=O) groups is 1. The van der Waals surface area contributed by atoms with Gasteiger partial charge in [-0.05, 0) is 49.5 Å². The zero-order chi connectivity index (χ0) is 22.7. The second kappa shape index (κ2) is 11.7. The third kappa shape index (κ3) is 6.48. The molecular formula is C26H31KN5O-. The Labute approximate surface area is 239 Å². The van der Waals surface area contributed by atoms with Gasteiger partial charge < -0.3 is 27.1 Å². The number of aryl methyl sites for hydroxylation is 1. The number of carbonyl (C=O) groups excluding carboxylic acids is 1. The number of hydrogen-bond donors (Lipinski definition) is 3. The number of rotatable bonds is 8. The Bertz CT molecular complexity index is 1070. The molecule has 0 saturated heterocycles. The van der Waals surface area contributed by atoms with Crippen LogP contribution in [0, 0.1) is 25.0 Å². The molecule has 3 N–H and O–H groups in total. The molecule has 0 radical (unpaired) electrons. The van der Waals surface area contributed by atoms with Crippen LogP contribution in [0.5, 0.6) is 0 Å². The first kappa shape index (κ1) is 26.0. The molecule has 3 unspecified atom stereocenters. The Morgan fingerprint density at radius 1 is 1.27 bits per heavy atom. The van der Waals surface area contributed by atoms with E-state index in [2.05, 4.69) is 41.0 Å². The van der Waals surface area contributed by atoms with E-state index in [4.69, 9.17) is 4.99 Å². The van der Waals surface area contributed by atoms with Crippen LogP contribution < -0.4 is 67.3 Å². The smallest absolute Gasteiger partial charge is 0.560 e. The molecule has 1 amide bonds. The minimum absolute atomic E-state index is 0. The van der Waals surface area contributed by atoms with Crippen LogP contribution in [-0.2, 0) is 4.79 Å². The largest absolute Gasteiger partial charge is 1.00 e. The number of fused-ring (bicyclic) bond motifs is 1. The van der Waals surface area contributed by atoms with E-state index < -0.39 is 0 Å². The molecule has 33 heavy (non-hydrogen) atoms. The first-order chi connectivity index (χ1) is 15.4. The van der Waals surface area contributed by atoms with E-state index in [1.165, 1.54) is 12.0 Å². The van der Waals surface area contributed by atoms with Crippen molar-refractivity contribution in [3.05, 3.63) is 71.7 Å². The van der Waals surface area contributed by atoms with E-state index in [0.29, 0.717) is 17.5 Å². The molecule has 0 spiro atoms. The van der Waals surface area contributed by atoms with Crippen molar-refractivity contribution in [3.63, 3.8) is 0 Å². The van der Waals surface area contributed by atoms with Crippen molar-refractivity contribution in [1.29, 1.82) is 0 Å². The van der Waals surface area contributed by atoms with E-state index in [1.807, 2.05) is 56.5 Å². The minimum Gasteiger partial charge on any atom is -0.560 e. The monoisotopic (exact) mass is 468 g/mol. The molecule has 168 valence electrons. The fourth-order valence-electron chi connectivity index (χ4n) is 4.21. The molecule has 4 rings (SSSR count). The second-order valence-corrected chi connectivity index (χ2v) is 8.97. The maximum atomic E-state index is 12.9. The Kier molecular flexibility index (Phi) is 9.18. The van der Waals surface area contributed by atoms with Crippen molar-refractivity contribution in [1.82, 2.24) is 10.3 Å². The van der Waals surface area contributed by atoms with Gasteiger partial charge in [-0.1, -0.05) is 38.5 Å². The summed E-state index contributed by atoms with van der Waals surface area (Å²) < 4.78 is 0. The quantitative estimate of drug-likeness (QED) is 0.314. The average molecular weight is 469 g/mol. The van der Waals surface area contributed by atoms with Gasteiger partial charge in [0.2, 0.25) is 0 Å². The molecule has 3 atom stereocenters. The van der Waals surface area contributed by atoms with Gasteiger partial charge in [0.1, 0.15) is 5.71 Å². The summed E-state index contributed by atoms with van der Waals surface area (Å²) in [5.41, 5.74) is 4.83. The summed E-state index contributed by atoms with van der Waals surface area (Å²) in [6.45, 7) is 8.44. The number of nitrogens with zero attached hydrogens (tertiary/aromatic N) is 2. The number of aromatic nitrogens is 1. The summed E-state index contributed by atoms with van der Waals surface area (Å²) in [6, 6.07) is 10.1. The van der Waals surface area contributed by atoms with E-state index in [1.54, 1.807) is 6.20 Å². The van der Waals surface area contributed by atoms with Gasteiger partial charge in [-0.3, -0.25) is 9.79 Å². The molecule has 1 aromatic heterocycles. The van der Waals surface area contributed by atoms with Gasteiger partial charge in [-0.25, -0.2) is 0 Å². The molecular weight excluding hydrogens is 437 g/mol. The van der Waals surface area contributed by atoms with Gasteiger partial charge >= 0.3 is 51.4 Å². The number of dihydropyridines is 1. The van der Waals surface area contributed by atoms with Crippen LogP contribution in [0.4, 0.5) is 11.5 Å². The molecule has 7 heteroatoms. The molecule has 6 nitrogen and oxygen atoms in total. The molecule has 0 bridgehead atoms. The predicted molar refractivity (Wildman–Crippen MR) is 129 cm³/mol. The zero-order valence-electron chi connectivity index (χ0n) is 20.1. The van der Waals surface area contributed by atoms with Gasteiger partial charge in [-0.2, -0.15) is 17.8 Å². The van der Waals surface area contributed by atoms with Crippen molar-refractivity contribution < 1.29 is 56.2 Å². The maximum Gasteiger partial charge on any atom is 1.00 e. The van der Waals surface area contributed by atoms with Gasteiger partial charge in [0.05, 0.1) is 6.04 Å². The van der Waals surface area contributed by atoms with Crippen molar-refractivity contribution in [2.24, 2.45) is 16.8 Å². The standard InChI is InChI=1S/C26H31N5O.K/c1-16(2)22-14-24(31-23-9-8-21(22)23)26(32)30-20-7-5-6-19(13-20)18(4)27-10-11-28-25-12-17(3)15-29-25;/h5-7,11-16,18,21,23,27H,8-9H2,1-4H3,(H,28,29)(H,30,32);/q-2;+1. The van der Waals surface area contributed by atoms with Crippen LogP contribution >= 0.6 is 0 Å². The molecule has 1 aliphatic heterocycles. The third-order valence-corrected chi connectivity index (χ3v) is 6.18. The fourth-order valence-corrected chi connectivity index (χ4v) is 4.21. The average Bonchev–Trinajstić information content (AvgIpc) is 3.16. The Morgan fingerprint density at radius 2 is 2.09 bits per heavy atom. The molecule has 2 aromatic rings. The van der Waals surface area contributed by atoms with Crippen LogP contribution in [0.2, 0.25) is 0 Å². The zero-order valence-corrected chi connectivity index (χ0v) is 23.3. The predicted octanol–water partition coefficient (Wildman–Crippen LogP) is 1.90. The van der Waals surface area contributed by atoms with Crippen LogP contribution in [0.15, 0.2) is 59.4 Å². The summed E-state index contributed by atoms with van der Waals surface area (Å²) in [5, 5.41) is 9.32. The van der Waals surface area contributed by atoms with Crippen molar-refractivity contribution in [2.45, 2.75) is 52.6 Å².